The zero-order valence-electron chi connectivity index (χ0n) is 8.42. The predicted octanol–water partition coefficient (Wildman–Crippen LogP) is 2.35. The first kappa shape index (κ1) is 12.8. The average Bonchev–Trinajstić information content (AvgIpc) is 2.61. The Bertz CT molecular complexity index is 388. The third kappa shape index (κ3) is 2.63. The van der Waals surface area contributed by atoms with E-state index in [0.29, 0.717) is 11.3 Å². The number of thiazole rings is 1. The molecule has 0 saturated heterocycles. The maximum absolute atomic E-state index is 12.5. The molecule has 8 heteroatoms. The van der Waals surface area contributed by atoms with E-state index >= 15 is 0 Å². The Hall–Kier alpha value is -1.31. The molecule has 0 radical (unpaired) electrons. The van der Waals surface area contributed by atoms with E-state index in [1.54, 1.807) is 0 Å². The second kappa shape index (κ2) is 4.69. The number of methoxy groups -OCH3 is 1. The normalized spacial score (nSPS) is 11.3. The average molecular weight is 255 g/mol. The van der Waals surface area contributed by atoms with Gasteiger partial charge in [-0.25, -0.2) is 4.79 Å². The SMILES string of the molecule is CCOC(=O)c1sc(OC)nc1C(F)(F)F. The molecular formula is C8H8F3NO3S. The van der Waals surface area contributed by atoms with Crippen LogP contribution in [-0.2, 0) is 10.9 Å². The van der Waals surface area contributed by atoms with Gasteiger partial charge in [0.2, 0.25) is 0 Å². The summed E-state index contributed by atoms with van der Waals surface area (Å²) in [6.45, 7) is 1.50. The van der Waals surface area contributed by atoms with Crippen LogP contribution in [0.4, 0.5) is 13.2 Å². The summed E-state index contributed by atoms with van der Waals surface area (Å²) >= 11 is 0.507. The second-order valence-corrected chi connectivity index (χ2v) is 3.54. The highest BCUT2D eigenvalue weighted by Gasteiger charge is 2.40. The fraction of sp³-hybridized carbons (Fsp3) is 0.500. The Labute approximate surface area is 93.0 Å². The van der Waals surface area contributed by atoms with Gasteiger partial charge in [0.15, 0.2) is 5.69 Å². The van der Waals surface area contributed by atoms with Gasteiger partial charge in [-0.3, -0.25) is 0 Å². The van der Waals surface area contributed by atoms with Gasteiger partial charge in [0.1, 0.15) is 4.88 Å². The van der Waals surface area contributed by atoms with Gasteiger partial charge in [0, 0.05) is 0 Å². The highest BCUT2D eigenvalue weighted by Crippen LogP contribution is 2.37. The highest BCUT2D eigenvalue weighted by atomic mass is 32.1. The molecule has 0 aliphatic rings. The zero-order chi connectivity index (χ0) is 12.3. The number of nitrogens with zero attached hydrogens (tertiary/aromatic N) is 1. The lowest BCUT2D eigenvalue weighted by Crippen LogP contribution is -2.13. The van der Waals surface area contributed by atoms with E-state index in [4.69, 9.17) is 0 Å². The smallest absolute Gasteiger partial charge is 0.435 e. The number of carbonyl (C=O) groups is 1. The van der Waals surface area contributed by atoms with E-state index < -0.39 is 22.7 Å². The molecule has 0 amide bonds. The van der Waals surface area contributed by atoms with Gasteiger partial charge >= 0.3 is 12.1 Å². The van der Waals surface area contributed by atoms with E-state index in [2.05, 4.69) is 14.5 Å². The first-order chi connectivity index (χ1) is 7.40. The number of rotatable bonds is 3. The molecule has 0 fully saturated rings. The fourth-order valence-electron chi connectivity index (χ4n) is 0.915. The molecule has 0 N–H and O–H groups in total. The molecule has 90 valence electrons. The summed E-state index contributed by atoms with van der Waals surface area (Å²) in [5.41, 5.74) is -1.27. The number of halogens is 3. The number of esters is 1. The van der Waals surface area contributed by atoms with Gasteiger partial charge in [-0.15, -0.1) is 0 Å². The van der Waals surface area contributed by atoms with Crippen LogP contribution in [0.2, 0.25) is 0 Å². The van der Waals surface area contributed by atoms with Crippen LogP contribution in [0.25, 0.3) is 0 Å². The van der Waals surface area contributed by atoms with Gasteiger partial charge in [0.05, 0.1) is 13.7 Å². The van der Waals surface area contributed by atoms with Crippen LogP contribution < -0.4 is 4.74 Å². The number of aromatic nitrogens is 1. The van der Waals surface area contributed by atoms with Gasteiger partial charge in [-0.05, 0) is 6.92 Å². The molecule has 0 unspecified atom stereocenters. The number of alkyl halides is 3. The van der Waals surface area contributed by atoms with Crippen LogP contribution >= 0.6 is 11.3 Å². The van der Waals surface area contributed by atoms with Gasteiger partial charge < -0.3 is 9.47 Å². The summed E-state index contributed by atoms with van der Waals surface area (Å²) in [6.07, 6.45) is -4.70. The third-order valence-corrected chi connectivity index (χ3v) is 2.51. The summed E-state index contributed by atoms with van der Waals surface area (Å²) in [5, 5.41) is -0.227. The minimum Gasteiger partial charge on any atom is -0.473 e. The summed E-state index contributed by atoms with van der Waals surface area (Å²) in [4.78, 5) is 13.8. The van der Waals surface area contributed by atoms with Crippen molar-refractivity contribution in [1.82, 2.24) is 4.98 Å². The zero-order valence-corrected chi connectivity index (χ0v) is 9.24. The molecule has 0 aliphatic carbocycles. The minimum absolute atomic E-state index is 0.00363. The van der Waals surface area contributed by atoms with Crippen LogP contribution in [0.3, 0.4) is 0 Å². The summed E-state index contributed by atoms with van der Waals surface area (Å²) in [6, 6.07) is 0. The minimum atomic E-state index is -4.70. The molecule has 1 rings (SSSR count). The molecule has 0 aliphatic heterocycles. The standard InChI is InChI=1S/C8H8F3NO3S/c1-3-15-6(13)4-5(8(9,10)11)12-7(14-2)16-4/h3H2,1-2H3. The molecule has 1 heterocycles. The Morgan fingerprint density at radius 1 is 1.50 bits per heavy atom. The van der Waals surface area contributed by atoms with Gasteiger partial charge in [0.25, 0.3) is 5.19 Å². The quantitative estimate of drug-likeness (QED) is 0.778. The number of hydrogen-bond acceptors (Lipinski definition) is 5. The predicted molar refractivity (Wildman–Crippen MR) is 49.6 cm³/mol. The van der Waals surface area contributed by atoms with Crippen LogP contribution in [-0.4, -0.2) is 24.7 Å². The fourth-order valence-corrected chi connectivity index (χ4v) is 1.71. The van der Waals surface area contributed by atoms with Gasteiger partial charge in [-0.2, -0.15) is 18.2 Å². The summed E-state index contributed by atoms with van der Waals surface area (Å²) in [7, 11) is 1.17. The van der Waals surface area contributed by atoms with Crippen molar-refractivity contribution in [3.63, 3.8) is 0 Å². The molecule has 0 bridgehead atoms. The lowest BCUT2D eigenvalue weighted by atomic mass is 10.3. The molecule has 0 spiro atoms. The van der Waals surface area contributed by atoms with Crippen molar-refractivity contribution in [2.75, 3.05) is 13.7 Å². The molecule has 1 aromatic rings. The number of hydrogen-bond donors (Lipinski definition) is 0. The first-order valence-corrected chi connectivity index (χ1v) is 5.01. The van der Waals surface area contributed by atoms with E-state index in [0.717, 1.165) is 0 Å². The van der Waals surface area contributed by atoms with E-state index in [9.17, 15) is 18.0 Å². The Kier molecular flexibility index (Phi) is 3.74. The number of ether oxygens (including phenoxy) is 2. The van der Waals surface area contributed by atoms with Crippen molar-refractivity contribution in [2.24, 2.45) is 0 Å². The molecule has 0 saturated carbocycles. The van der Waals surface area contributed by atoms with Crippen molar-refractivity contribution < 1.29 is 27.4 Å². The van der Waals surface area contributed by atoms with Crippen molar-refractivity contribution in [2.45, 2.75) is 13.1 Å². The maximum atomic E-state index is 12.5. The highest BCUT2D eigenvalue weighted by molar-refractivity contribution is 7.15. The first-order valence-electron chi connectivity index (χ1n) is 4.19. The number of carbonyl (C=O) groups excluding carboxylic acids is 1. The topological polar surface area (TPSA) is 48.4 Å². The van der Waals surface area contributed by atoms with Crippen LogP contribution in [0.5, 0.6) is 5.19 Å². The lowest BCUT2D eigenvalue weighted by Gasteiger charge is -2.04. The van der Waals surface area contributed by atoms with Crippen molar-refractivity contribution in [3.05, 3.63) is 10.6 Å². The van der Waals surface area contributed by atoms with E-state index in [1.807, 2.05) is 0 Å². The second-order valence-electron chi connectivity index (χ2n) is 2.58. The summed E-state index contributed by atoms with van der Waals surface area (Å²) in [5.74, 6) is -1.05. The largest absolute Gasteiger partial charge is 0.473 e. The van der Waals surface area contributed by atoms with Crippen molar-refractivity contribution >= 4 is 17.3 Å². The lowest BCUT2D eigenvalue weighted by molar-refractivity contribution is -0.141. The van der Waals surface area contributed by atoms with Crippen molar-refractivity contribution in [1.29, 1.82) is 0 Å². The Balaban J connectivity index is 3.15. The van der Waals surface area contributed by atoms with Crippen molar-refractivity contribution in [3.8, 4) is 5.19 Å². The van der Waals surface area contributed by atoms with E-state index in [-0.39, 0.29) is 11.8 Å². The molecule has 1 aromatic heterocycles. The monoisotopic (exact) mass is 255 g/mol. The maximum Gasteiger partial charge on any atom is 0.435 e. The van der Waals surface area contributed by atoms with Crippen LogP contribution in [0, 0.1) is 0 Å². The molecule has 4 nitrogen and oxygen atoms in total. The molecule has 16 heavy (non-hydrogen) atoms. The molecule has 0 aromatic carbocycles. The third-order valence-electron chi connectivity index (χ3n) is 1.51. The summed E-state index contributed by atoms with van der Waals surface area (Å²) < 4.78 is 46.5. The van der Waals surface area contributed by atoms with E-state index in [1.165, 1.54) is 14.0 Å². The van der Waals surface area contributed by atoms with Crippen LogP contribution in [0.15, 0.2) is 0 Å². The molecule has 0 atom stereocenters. The van der Waals surface area contributed by atoms with Gasteiger partial charge in [-0.1, -0.05) is 11.3 Å². The Morgan fingerprint density at radius 3 is 2.56 bits per heavy atom. The van der Waals surface area contributed by atoms with Crippen LogP contribution in [0.1, 0.15) is 22.3 Å². The molecular weight excluding hydrogens is 247 g/mol. The Morgan fingerprint density at radius 2 is 2.12 bits per heavy atom.